The molecule has 4 nitrogen and oxygen atoms in total. The minimum absolute atomic E-state index is 0.125. The number of esters is 1. The van der Waals surface area contributed by atoms with Crippen LogP contribution in [0.4, 0.5) is 0 Å². The fourth-order valence-electron chi connectivity index (χ4n) is 2.33. The van der Waals surface area contributed by atoms with E-state index in [2.05, 4.69) is 18.7 Å². The van der Waals surface area contributed by atoms with E-state index in [4.69, 9.17) is 4.74 Å². The molecule has 22 heavy (non-hydrogen) atoms. The van der Waals surface area contributed by atoms with E-state index < -0.39 is 6.10 Å². The summed E-state index contributed by atoms with van der Waals surface area (Å²) in [6.45, 7) is 11.0. The van der Waals surface area contributed by atoms with Crippen LogP contribution in [-0.4, -0.2) is 41.7 Å². The predicted octanol–water partition coefficient (Wildman–Crippen LogP) is 3.86. The molecule has 1 aromatic heterocycles. The normalized spacial score (nSPS) is 12.9. The first-order chi connectivity index (χ1) is 10.5. The lowest BCUT2D eigenvalue weighted by Gasteiger charge is -2.22. The summed E-state index contributed by atoms with van der Waals surface area (Å²) in [6.07, 6.45) is 2.31. The van der Waals surface area contributed by atoms with E-state index in [0.717, 1.165) is 37.4 Å². The van der Waals surface area contributed by atoms with Gasteiger partial charge in [0, 0.05) is 11.4 Å². The number of rotatable bonds is 10. The van der Waals surface area contributed by atoms with Crippen molar-refractivity contribution in [3.05, 3.63) is 21.9 Å². The number of hydrogen-bond acceptors (Lipinski definition) is 5. The molecule has 1 heterocycles. The Balaban J connectivity index is 2.53. The van der Waals surface area contributed by atoms with Crippen LogP contribution in [0.15, 0.2) is 12.1 Å². The molecule has 5 heteroatoms. The summed E-state index contributed by atoms with van der Waals surface area (Å²) >= 11 is 1.33. The Morgan fingerprint density at radius 2 is 1.86 bits per heavy atom. The molecule has 0 bridgehead atoms. The highest BCUT2D eigenvalue weighted by Gasteiger charge is 2.17. The molecule has 1 N–H and O–H groups in total. The van der Waals surface area contributed by atoms with Gasteiger partial charge in [0.2, 0.25) is 0 Å². The Morgan fingerprint density at radius 1 is 1.23 bits per heavy atom. The molecule has 1 unspecified atom stereocenters. The topological polar surface area (TPSA) is 49.8 Å². The first kappa shape index (κ1) is 19.1. The van der Waals surface area contributed by atoms with Crippen molar-refractivity contribution in [2.75, 3.05) is 19.6 Å². The van der Waals surface area contributed by atoms with Gasteiger partial charge in [-0.1, -0.05) is 13.8 Å². The predicted molar refractivity (Wildman–Crippen MR) is 91.5 cm³/mol. The number of carbonyl (C=O) groups is 1. The fourth-order valence-corrected chi connectivity index (χ4v) is 3.24. The van der Waals surface area contributed by atoms with Crippen LogP contribution in [0.2, 0.25) is 0 Å². The summed E-state index contributed by atoms with van der Waals surface area (Å²) in [5.41, 5.74) is 0. The monoisotopic (exact) mass is 327 g/mol. The van der Waals surface area contributed by atoms with Crippen molar-refractivity contribution < 1.29 is 14.6 Å². The fraction of sp³-hybridized carbons (Fsp3) is 0.706. The van der Waals surface area contributed by atoms with Gasteiger partial charge < -0.3 is 14.7 Å². The van der Waals surface area contributed by atoms with Crippen molar-refractivity contribution in [2.45, 2.75) is 59.2 Å². The van der Waals surface area contributed by atoms with Gasteiger partial charge in [0.15, 0.2) is 0 Å². The molecule has 0 aliphatic carbocycles. The molecular formula is C17H29NO3S. The van der Waals surface area contributed by atoms with E-state index >= 15 is 0 Å². The number of ether oxygens (including phenoxy) is 1. The molecule has 0 spiro atoms. The second-order valence-corrected chi connectivity index (χ2v) is 6.92. The maximum absolute atomic E-state index is 11.8. The largest absolute Gasteiger partial charge is 0.459 e. The van der Waals surface area contributed by atoms with Crippen LogP contribution in [0, 0.1) is 0 Å². The van der Waals surface area contributed by atoms with Crippen LogP contribution < -0.4 is 0 Å². The number of carbonyl (C=O) groups excluding carboxylic acids is 1. The van der Waals surface area contributed by atoms with E-state index in [1.165, 1.54) is 11.3 Å². The summed E-state index contributed by atoms with van der Waals surface area (Å²) in [5.74, 6) is -0.308. The molecule has 1 rings (SSSR count). The summed E-state index contributed by atoms with van der Waals surface area (Å²) in [7, 11) is 0. The summed E-state index contributed by atoms with van der Waals surface area (Å²) in [6, 6.07) is 3.57. The molecule has 0 aliphatic rings. The summed E-state index contributed by atoms with van der Waals surface area (Å²) < 4.78 is 5.17. The van der Waals surface area contributed by atoms with Crippen molar-refractivity contribution in [3.8, 4) is 0 Å². The highest BCUT2D eigenvalue weighted by Crippen LogP contribution is 2.26. The van der Waals surface area contributed by atoms with Crippen molar-refractivity contribution in [1.82, 2.24) is 4.90 Å². The average molecular weight is 327 g/mol. The van der Waals surface area contributed by atoms with Gasteiger partial charge in [0.25, 0.3) is 0 Å². The molecule has 1 atom stereocenters. The number of aliphatic hydroxyl groups excluding tert-OH is 1. The maximum Gasteiger partial charge on any atom is 0.348 e. The van der Waals surface area contributed by atoms with Crippen LogP contribution >= 0.6 is 11.3 Å². The zero-order chi connectivity index (χ0) is 16.5. The molecule has 0 amide bonds. The Morgan fingerprint density at radius 3 is 2.41 bits per heavy atom. The Hall–Kier alpha value is -0.910. The van der Waals surface area contributed by atoms with Crippen LogP contribution in [0.25, 0.3) is 0 Å². The van der Waals surface area contributed by atoms with Gasteiger partial charge in [-0.05, 0) is 58.3 Å². The van der Waals surface area contributed by atoms with Gasteiger partial charge in [-0.15, -0.1) is 11.3 Å². The molecule has 0 radical (unpaired) electrons. The van der Waals surface area contributed by atoms with E-state index in [1.807, 2.05) is 19.9 Å². The number of aliphatic hydroxyl groups is 1. The number of nitrogens with zero attached hydrogens (tertiary/aromatic N) is 1. The van der Waals surface area contributed by atoms with E-state index in [1.54, 1.807) is 6.07 Å². The highest BCUT2D eigenvalue weighted by molar-refractivity contribution is 7.14. The molecule has 0 aliphatic heterocycles. The SMILES string of the molecule is CCCN(CCC)CCC(O)c1ccc(C(=O)OC(C)C)s1. The lowest BCUT2D eigenvalue weighted by molar-refractivity contribution is 0.0384. The third-order valence-corrected chi connectivity index (χ3v) is 4.46. The zero-order valence-corrected chi connectivity index (χ0v) is 15.0. The van der Waals surface area contributed by atoms with E-state index in [0.29, 0.717) is 11.3 Å². The van der Waals surface area contributed by atoms with Gasteiger partial charge in [-0.2, -0.15) is 0 Å². The van der Waals surface area contributed by atoms with Crippen molar-refractivity contribution in [2.24, 2.45) is 0 Å². The van der Waals surface area contributed by atoms with Crippen LogP contribution in [0.3, 0.4) is 0 Å². The quantitative estimate of drug-likeness (QED) is 0.663. The Bertz CT molecular complexity index is 439. The van der Waals surface area contributed by atoms with Crippen molar-refractivity contribution >= 4 is 17.3 Å². The number of hydrogen-bond donors (Lipinski definition) is 1. The summed E-state index contributed by atoms with van der Waals surface area (Å²) in [5, 5.41) is 10.3. The third-order valence-electron chi connectivity index (χ3n) is 3.30. The van der Waals surface area contributed by atoms with Gasteiger partial charge in [0.05, 0.1) is 12.2 Å². The van der Waals surface area contributed by atoms with Crippen molar-refractivity contribution in [1.29, 1.82) is 0 Å². The van der Waals surface area contributed by atoms with Crippen LogP contribution in [-0.2, 0) is 4.74 Å². The number of thiophene rings is 1. The van der Waals surface area contributed by atoms with Crippen LogP contribution in [0.1, 0.15) is 67.6 Å². The second-order valence-electron chi connectivity index (χ2n) is 5.80. The first-order valence-electron chi connectivity index (χ1n) is 8.19. The molecule has 1 aromatic rings. The second kappa shape index (κ2) is 9.98. The maximum atomic E-state index is 11.8. The lowest BCUT2D eigenvalue weighted by atomic mass is 10.2. The molecular weight excluding hydrogens is 298 g/mol. The molecule has 0 fully saturated rings. The molecule has 0 saturated heterocycles. The molecule has 126 valence electrons. The molecule has 0 aromatic carbocycles. The standard InChI is InChI=1S/C17H29NO3S/c1-5-10-18(11-6-2)12-9-14(19)15-7-8-16(22-15)17(20)21-13(3)4/h7-8,13-14,19H,5-6,9-12H2,1-4H3. The van der Waals surface area contributed by atoms with Gasteiger partial charge in [0.1, 0.15) is 4.88 Å². The van der Waals surface area contributed by atoms with E-state index in [9.17, 15) is 9.90 Å². The third kappa shape index (κ3) is 6.46. The van der Waals surface area contributed by atoms with Gasteiger partial charge >= 0.3 is 5.97 Å². The minimum Gasteiger partial charge on any atom is -0.459 e. The average Bonchev–Trinajstić information content (AvgIpc) is 2.94. The van der Waals surface area contributed by atoms with E-state index in [-0.39, 0.29) is 12.1 Å². The smallest absolute Gasteiger partial charge is 0.348 e. The van der Waals surface area contributed by atoms with Crippen molar-refractivity contribution in [3.63, 3.8) is 0 Å². The van der Waals surface area contributed by atoms with Gasteiger partial charge in [-0.25, -0.2) is 4.79 Å². The zero-order valence-electron chi connectivity index (χ0n) is 14.2. The summed E-state index contributed by atoms with van der Waals surface area (Å²) in [4.78, 5) is 15.6. The van der Waals surface area contributed by atoms with Gasteiger partial charge in [-0.3, -0.25) is 0 Å². The molecule has 0 saturated carbocycles. The minimum atomic E-state index is -0.512. The highest BCUT2D eigenvalue weighted by atomic mass is 32.1. The van der Waals surface area contributed by atoms with Crippen LogP contribution in [0.5, 0.6) is 0 Å². The Labute approximate surface area is 138 Å². The first-order valence-corrected chi connectivity index (χ1v) is 9.00. The Kier molecular flexibility index (Phi) is 8.68. The lowest BCUT2D eigenvalue weighted by Crippen LogP contribution is -2.27.